The predicted octanol–water partition coefficient (Wildman–Crippen LogP) is 5.12. The van der Waals surface area contributed by atoms with E-state index >= 15 is 0 Å². The molecular formula is C43H41ClFN9O2. The van der Waals surface area contributed by atoms with Crippen molar-refractivity contribution < 1.29 is 14.0 Å². The molecule has 5 aromatic rings. The minimum atomic E-state index is -0.503. The molecule has 2 saturated heterocycles. The molecule has 0 bridgehead atoms. The van der Waals surface area contributed by atoms with Crippen molar-refractivity contribution in [3.05, 3.63) is 98.7 Å². The number of likely N-dealkylation sites (N-methyl/N-ethyl adjacent to an activating group) is 2. The summed E-state index contributed by atoms with van der Waals surface area (Å²) in [6.07, 6.45) is 13.0. The third kappa shape index (κ3) is 4.27. The molecule has 13 heteroatoms. The lowest BCUT2D eigenvalue weighted by Gasteiger charge is -2.55. The minimum Gasteiger partial charge on any atom is -0.357 e. The molecule has 284 valence electrons. The highest BCUT2D eigenvalue weighted by Crippen LogP contribution is 2.61. The number of pyridine rings is 3. The van der Waals surface area contributed by atoms with Gasteiger partial charge < -0.3 is 30.4 Å². The molecule has 11 nitrogen and oxygen atoms in total. The Morgan fingerprint density at radius 3 is 1.68 bits per heavy atom. The minimum absolute atomic E-state index is 0.0146. The van der Waals surface area contributed by atoms with Crippen LogP contribution in [0.5, 0.6) is 0 Å². The van der Waals surface area contributed by atoms with E-state index in [9.17, 15) is 14.0 Å². The maximum atomic E-state index is 13.3. The average Bonchev–Trinajstić information content (AvgIpc) is 4.03. The van der Waals surface area contributed by atoms with Crippen LogP contribution in [0.25, 0.3) is 33.8 Å². The molecular weight excluding hydrogens is 729 g/mol. The second-order valence-corrected chi connectivity index (χ2v) is 18.2. The van der Waals surface area contributed by atoms with E-state index in [0.29, 0.717) is 5.15 Å². The summed E-state index contributed by atoms with van der Waals surface area (Å²) in [6, 6.07) is 7.03. The molecule has 8 aliphatic rings. The van der Waals surface area contributed by atoms with Crippen molar-refractivity contribution >= 4 is 23.4 Å². The summed E-state index contributed by atoms with van der Waals surface area (Å²) in [7, 11) is 4.30. The second-order valence-electron chi connectivity index (χ2n) is 17.8. The molecule has 0 radical (unpaired) electrons. The summed E-state index contributed by atoms with van der Waals surface area (Å²) >= 11 is 6.16. The normalized spacial score (nSPS) is 22.9. The van der Waals surface area contributed by atoms with Crippen LogP contribution in [0, 0.1) is 5.95 Å². The van der Waals surface area contributed by atoms with E-state index in [4.69, 9.17) is 11.6 Å². The Balaban J connectivity index is 0.000000126. The number of H-pyrrole nitrogens is 2. The molecule has 0 atom stereocenters. The topological polar surface area (TPSA) is 135 Å². The van der Waals surface area contributed by atoms with Gasteiger partial charge in [-0.3, -0.25) is 14.6 Å². The standard InChI is InChI=1S/C24H22FN5O.C19H19ClN4O/c1-30-11-23(12-30)21-19(22(31)29-24(23)6-7-24)15-4-2-13-9-26-17(8-16(13)20(15)28-21)14-3-5-18(25)27-10-14;1-24-8-18(9-24)16-14(17(25)23-19(18)4-5-19)11-3-2-10-7-21-13(20)6-12(10)15(11)22-16/h3,5,8-10,28H,2,4,6-7,11-12H2,1H3,(H,29,31);6-7,22H,2-5,8-9H2,1H3,(H,23,25). The van der Waals surface area contributed by atoms with Gasteiger partial charge >= 0.3 is 0 Å². The van der Waals surface area contributed by atoms with Crippen LogP contribution < -0.4 is 10.6 Å². The second kappa shape index (κ2) is 10.9. The van der Waals surface area contributed by atoms with Gasteiger partial charge in [0.25, 0.3) is 11.8 Å². The van der Waals surface area contributed by atoms with Crippen molar-refractivity contribution in [1.29, 1.82) is 0 Å². The number of likely N-dealkylation sites (tertiary alicyclic amines) is 2. The Morgan fingerprint density at radius 2 is 1.20 bits per heavy atom. The lowest BCUT2D eigenvalue weighted by molar-refractivity contribution is 0.0338. The number of amides is 2. The number of hydrogen-bond donors (Lipinski definition) is 4. The molecule has 2 saturated carbocycles. The van der Waals surface area contributed by atoms with Gasteiger partial charge in [0.15, 0.2) is 0 Å². The molecule has 4 aliphatic carbocycles. The predicted molar refractivity (Wildman–Crippen MR) is 208 cm³/mol. The summed E-state index contributed by atoms with van der Waals surface area (Å²) in [5, 5.41) is 7.28. The number of fused-ring (bicyclic) bond motifs is 14. The molecule has 5 aromatic heterocycles. The van der Waals surface area contributed by atoms with Crippen molar-refractivity contribution in [2.24, 2.45) is 0 Å². The highest BCUT2D eigenvalue weighted by atomic mass is 35.5. The fourth-order valence-electron chi connectivity index (χ4n) is 11.7. The van der Waals surface area contributed by atoms with Crippen LogP contribution in [-0.4, -0.2) is 97.9 Å². The third-order valence-corrected chi connectivity index (χ3v) is 14.8. The van der Waals surface area contributed by atoms with Crippen LogP contribution in [0.1, 0.15) is 80.0 Å². The van der Waals surface area contributed by atoms with E-state index in [1.165, 1.54) is 23.4 Å². The van der Waals surface area contributed by atoms with E-state index in [-0.39, 0.29) is 33.7 Å². The summed E-state index contributed by atoms with van der Waals surface area (Å²) in [4.78, 5) is 50.9. The smallest absolute Gasteiger partial charge is 0.253 e. The Kier molecular flexibility index (Phi) is 6.49. The number of hydrogen-bond acceptors (Lipinski definition) is 7. The van der Waals surface area contributed by atoms with E-state index < -0.39 is 5.95 Å². The number of aryl methyl sites for hydroxylation is 2. The molecule has 2 amide bonds. The molecule has 0 unspecified atom stereocenters. The first-order valence-electron chi connectivity index (χ1n) is 19.8. The first-order valence-corrected chi connectivity index (χ1v) is 20.2. The lowest BCUT2D eigenvalue weighted by atomic mass is 9.65. The number of halogens is 2. The summed E-state index contributed by atoms with van der Waals surface area (Å²) in [5.74, 6) is -0.323. The number of aromatic nitrogens is 5. The summed E-state index contributed by atoms with van der Waals surface area (Å²) < 4.78 is 13.3. The van der Waals surface area contributed by atoms with Gasteiger partial charge in [-0.05, 0) is 112 Å². The van der Waals surface area contributed by atoms with Crippen LogP contribution in [0.2, 0.25) is 5.15 Å². The Hall–Kier alpha value is -4.91. The van der Waals surface area contributed by atoms with Gasteiger partial charge in [-0.25, -0.2) is 9.97 Å². The zero-order valence-corrected chi connectivity index (χ0v) is 32.1. The highest BCUT2D eigenvalue weighted by molar-refractivity contribution is 6.29. The zero-order valence-electron chi connectivity index (χ0n) is 31.3. The molecule has 4 N–H and O–H groups in total. The van der Waals surface area contributed by atoms with Crippen molar-refractivity contribution in [1.82, 2.24) is 45.4 Å². The molecule has 4 aliphatic heterocycles. The number of nitrogens with zero attached hydrogens (tertiary/aromatic N) is 5. The van der Waals surface area contributed by atoms with Crippen molar-refractivity contribution in [2.45, 2.75) is 73.3 Å². The van der Waals surface area contributed by atoms with E-state index in [1.807, 2.05) is 18.5 Å². The largest absolute Gasteiger partial charge is 0.357 e. The SMILES string of the molecule is CN1CC2(C1)c1[nH]c3c(c1C(=O)NC21CC1)CCc1cnc(-c2ccc(F)nc2)cc1-3.CN1CC2(C1)c1[nH]c3c(c1C(=O)NC21CC1)CCc1cnc(Cl)cc1-3. The first kappa shape index (κ1) is 33.3. The summed E-state index contributed by atoms with van der Waals surface area (Å²) in [6.45, 7) is 3.94. The van der Waals surface area contributed by atoms with Gasteiger partial charge in [-0.2, -0.15) is 4.39 Å². The van der Waals surface area contributed by atoms with Gasteiger partial charge in [-0.15, -0.1) is 0 Å². The third-order valence-electron chi connectivity index (χ3n) is 14.6. The Bertz CT molecular complexity index is 2570. The van der Waals surface area contributed by atoms with Crippen molar-refractivity contribution in [3.63, 3.8) is 0 Å². The van der Waals surface area contributed by atoms with Gasteiger partial charge in [0.05, 0.1) is 50.1 Å². The van der Waals surface area contributed by atoms with E-state index in [1.54, 1.807) is 6.07 Å². The van der Waals surface area contributed by atoms with Gasteiger partial charge in [0.1, 0.15) is 5.15 Å². The van der Waals surface area contributed by atoms with Crippen LogP contribution in [0.4, 0.5) is 4.39 Å². The Morgan fingerprint density at radius 1 is 0.679 bits per heavy atom. The molecule has 4 fully saturated rings. The molecule has 0 aromatic carbocycles. The maximum Gasteiger partial charge on any atom is 0.253 e. The van der Waals surface area contributed by atoms with Crippen LogP contribution in [-0.2, 0) is 36.5 Å². The zero-order chi connectivity index (χ0) is 37.9. The molecule has 9 heterocycles. The van der Waals surface area contributed by atoms with Crippen LogP contribution in [0.15, 0.2) is 42.9 Å². The monoisotopic (exact) mass is 769 g/mol. The number of nitrogens with one attached hydrogen (secondary N) is 4. The first-order chi connectivity index (χ1) is 27.0. The fourth-order valence-corrected chi connectivity index (χ4v) is 11.8. The van der Waals surface area contributed by atoms with Gasteiger partial charge in [0, 0.05) is 72.8 Å². The Labute approximate surface area is 327 Å². The van der Waals surface area contributed by atoms with Crippen molar-refractivity contribution in [2.75, 3.05) is 40.3 Å². The van der Waals surface area contributed by atoms with E-state index in [0.717, 1.165) is 145 Å². The van der Waals surface area contributed by atoms with Gasteiger partial charge in [-0.1, -0.05) is 11.6 Å². The summed E-state index contributed by atoms with van der Waals surface area (Å²) in [5.41, 5.74) is 14.5. The number of aromatic amines is 2. The number of rotatable bonds is 1. The van der Waals surface area contributed by atoms with Crippen LogP contribution in [0.3, 0.4) is 0 Å². The molecule has 4 spiro atoms. The highest BCUT2D eigenvalue weighted by Gasteiger charge is 2.70. The molecule has 13 rings (SSSR count). The number of carbonyl (C=O) groups is 2. The maximum absolute atomic E-state index is 13.3. The fraction of sp³-hybridized carbons (Fsp3) is 0.419. The van der Waals surface area contributed by atoms with Crippen molar-refractivity contribution in [3.8, 4) is 33.8 Å². The lowest BCUT2D eigenvalue weighted by Crippen LogP contribution is -2.71. The van der Waals surface area contributed by atoms with E-state index in [2.05, 4.69) is 65.5 Å². The quantitative estimate of drug-likeness (QED) is 0.174. The number of carbonyl (C=O) groups excluding carboxylic acids is 2. The van der Waals surface area contributed by atoms with Crippen LogP contribution >= 0.6 is 11.6 Å². The average molecular weight is 770 g/mol. The van der Waals surface area contributed by atoms with Gasteiger partial charge in [0.2, 0.25) is 5.95 Å². The molecule has 56 heavy (non-hydrogen) atoms.